The molecule has 0 spiro atoms. The van der Waals surface area contributed by atoms with Gasteiger partial charge < -0.3 is 15.2 Å². The van der Waals surface area contributed by atoms with E-state index < -0.39 is 0 Å². The molecule has 0 aliphatic carbocycles. The number of hydrogen-bond donors (Lipinski definition) is 2. The van der Waals surface area contributed by atoms with E-state index in [0.29, 0.717) is 36.1 Å². The summed E-state index contributed by atoms with van der Waals surface area (Å²) in [6, 6.07) is 9.20. The Labute approximate surface area is 148 Å². The Balaban J connectivity index is 1.47. The van der Waals surface area contributed by atoms with Crippen molar-refractivity contribution >= 4 is 11.7 Å². The molecule has 2 heterocycles. The van der Waals surface area contributed by atoms with Crippen molar-refractivity contribution in [2.45, 2.75) is 12.8 Å². The molecular formula is C17H17FN6O2. The lowest BCUT2D eigenvalue weighted by atomic mass is 10.2. The molecule has 9 heteroatoms. The minimum absolute atomic E-state index is 0.261. The van der Waals surface area contributed by atoms with Crippen molar-refractivity contribution in [1.82, 2.24) is 25.7 Å². The predicted octanol–water partition coefficient (Wildman–Crippen LogP) is 2.07. The lowest BCUT2D eigenvalue weighted by Crippen LogP contribution is -2.19. The molecule has 134 valence electrons. The monoisotopic (exact) mass is 356 g/mol. The summed E-state index contributed by atoms with van der Waals surface area (Å²) < 4.78 is 18.1. The van der Waals surface area contributed by atoms with Gasteiger partial charge in [0.15, 0.2) is 5.69 Å². The fourth-order valence-corrected chi connectivity index (χ4v) is 2.20. The molecule has 8 nitrogen and oxygen atoms in total. The molecule has 0 unspecified atom stereocenters. The molecule has 2 N–H and O–H groups in total. The maximum Gasteiger partial charge on any atom is 0.271 e. The number of carbonyl (C=O) groups excluding carboxylic acids is 1. The summed E-state index contributed by atoms with van der Waals surface area (Å²) in [5.74, 6) is 0.929. The number of anilines is 1. The number of nitrogens with one attached hydrogen (secondary N) is 2. The van der Waals surface area contributed by atoms with Gasteiger partial charge in [-0.2, -0.15) is 4.98 Å². The van der Waals surface area contributed by atoms with Crippen molar-refractivity contribution in [3.63, 3.8) is 0 Å². The highest BCUT2D eigenvalue weighted by molar-refractivity contribution is 5.91. The minimum Gasteiger partial charge on any atom is -0.369 e. The van der Waals surface area contributed by atoms with Gasteiger partial charge in [0.05, 0.1) is 0 Å². The van der Waals surface area contributed by atoms with Crippen molar-refractivity contribution in [2.75, 3.05) is 18.9 Å². The summed E-state index contributed by atoms with van der Waals surface area (Å²) in [7, 11) is 1.54. The highest BCUT2D eigenvalue weighted by atomic mass is 19.1. The van der Waals surface area contributed by atoms with Crippen LogP contribution < -0.4 is 10.6 Å². The lowest BCUT2D eigenvalue weighted by Gasteiger charge is -2.04. The minimum atomic E-state index is -0.310. The van der Waals surface area contributed by atoms with Crippen molar-refractivity contribution < 1.29 is 13.7 Å². The lowest BCUT2D eigenvalue weighted by molar-refractivity contribution is 0.0957. The first-order valence-electron chi connectivity index (χ1n) is 8.04. The fraction of sp³-hybridized carbons (Fsp3) is 0.235. The van der Waals surface area contributed by atoms with Gasteiger partial charge in [-0.05, 0) is 42.8 Å². The van der Waals surface area contributed by atoms with Crippen molar-refractivity contribution in [3.05, 3.63) is 53.8 Å². The predicted molar refractivity (Wildman–Crippen MR) is 91.9 cm³/mol. The molecule has 0 aliphatic rings. The second-order valence-electron chi connectivity index (χ2n) is 5.43. The van der Waals surface area contributed by atoms with Crippen LogP contribution in [-0.4, -0.2) is 39.8 Å². The molecule has 1 amide bonds. The molecule has 26 heavy (non-hydrogen) atoms. The van der Waals surface area contributed by atoms with Gasteiger partial charge in [0, 0.05) is 25.6 Å². The Morgan fingerprint density at radius 1 is 1.15 bits per heavy atom. The zero-order valence-electron chi connectivity index (χ0n) is 14.1. The maximum atomic E-state index is 12.9. The largest absolute Gasteiger partial charge is 0.369 e. The van der Waals surface area contributed by atoms with Crippen LogP contribution in [0.15, 0.2) is 40.9 Å². The molecule has 3 rings (SSSR count). The van der Waals surface area contributed by atoms with E-state index in [-0.39, 0.29) is 17.4 Å². The van der Waals surface area contributed by atoms with Gasteiger partial charge >= 0.3 is 0 Å². The number of aromatic nitrogens is 4. The standard InChI is InChI=1S/C17H17FN6O2/c1-19-17(25)13-8-9-14(23-22-13)20-10-2-3-15-21-16(24-26-15)11-4-6-12(18)7-5-11/h4-9H,2-3,10H2,1H3,(H,19,25)(H,20,23). The molecule has 0 saturated carbocycles. The number of halogens is 1. The quantitative estimate of drug-likeness (QED) is 0.624. The normalized spacial score (nSPS) is 10.5. The summed E-state index contributed by atoms with van der Waals surface area (Å²) in [6.45, 7) is 0.627. The van der Waals surface area contributed by atoms with E-state index >= 15 is 0 Å². The van der Waals surface area contributed by atoms with Gasteiger partial charge in [0.2, 0.25) is 11.7 Å². The molecule has 1 aromatic carbocycles. The molecular weight excluding hydrogens is 339 g/mol. The smallest absolute Gasteiger partial charge is 0.271 e. The van der Waals surface area contributed by atoms with Crippen LogP contribution in [0.3, 0.4) is 0 Å². The van der Waals surface area contributed by atoms with Crippen LogP contribution in [0.2, 0.25) is 0 Å². The number of rotatable bonds is 7. The molecule has 3 aromatic rings. The number of amides is 1. The molecule has 0 fully saturated rings. The summed E-state index contributed by atoms with van der Waals surface area (Å²) in [6.07, 6.45) is 1.33. The van der Waals surface area contributed by atoms with Crippen molar-refractivity contribution in [3.8, 4) is 11.4 Å². The first-order valence-corrected chi connectivity index (χ1v) is 8.04. The van der Waals surface area contributed by atoms with Crippen LogP contribution in [0, 0.1) is 5.82 Å². The molecule has 0 atom stereocenters. The van der Waals surface area contributed by atoms with Gasteiger partial charge in [0.25, 0.3) is 5.91 Å². The van der Waals surface area contributed by atoms with Crippen LogP contribution in [0.5, 0.6) is 0 Å². The summed E-state index contributed by atoms with van der Waals surface area (Å²) >= 11 is 0. The van der Waals surface area contributed by atoms with E-state index in [1.165, 1.54) is 19.2 Å². The molecule has 0 bridgehead atoms. The van der Waals surface area contributed by atoms with Crippen LogP contribution >= 0.6 is 0 Å². The molecule has 0 radical (unpaired) electrons. The average Bonchev–Trinajstić information content (AvgIpc) is 3.14. The number of hydrogen-bond acceptors (Lipinski definition) is 7. The van der Waals surface area contributed by atoms with E-state index in [1.54, 1.807) is 24.3 Å². The SMILES string of the molecule is CNC(=O)c1ccc(NCCCc2nc(-c3ccc(F)cc3)no2)nn1. The third kappa shape index (κ3) is 4.38. The third-order valence-corrected chi connectivity index (χ3v) is 3.57. The Morgan fingerprint density at radius 3 is 2.65 bits per heavy atom. The maximum absolute atomic E-state index is 12.9. The fourth-order valence-electron chi connectivity index (χ4n) is 2.20. The molecule has 2 aromatic heterocycles. The molecule has 0 aliphatic heterocycles. The van der Waals surface area contributed by atoms with Crippen LogP contribution in [-0.2, 0) is 6.42 Å². The van der Waals surface area contributed by atoms with Gasteiger partial charge in [-0.3, -0.25) is 4.79 Å². The van der Waals surface area contributed by atoms with E-state index in [0.717, 1.165) is 6.42 Å². The zero-order valence-corrected chi connectivity index (χ0v) is 14.1. The first kappa shape index (κ1) is 17.5. The van der Waals surface area contributed by atoms with Crippen molar-refractivity contribution in [2.24, 2.45) is 0 Å². The summed E-state index contributed by atoms with van der Waals surface area (Å²) in [5.41, 5.74) is 0.961. The second-order valence-corrected chi connectivity index (χ2v) is 5.43. The zero-order chi connectivity index (χ0) is 18.4. The second kappa shape index (κ2) is 8.15. The van der Waals surface area contributed by atoms with Crippen LogP contribution in [0.25, 0.3) is 11.4 Å². The van der Waals surface area contributed by atoms with Gasteiger partial charge in [-0.15, -0.1) is 10.2 Å². The Hall–Kier alpha value is -3.36. The van der Waals surface area contributed by atoms with Crippen LogP contribution in [0.1, 0.15) is 22.8 Å². The first-order chi connectivity index (χ1) is 12.7. The summed E-state index contributed by atoms with van der Waals surface area (Å²) in [5, 5.41) is 17.3. The van der Waals surface area contributed by atoms with Gasteiger partial charge in [0.1, 0.15) is 11.6 Å². The van der Waals surface area contributed by atoms with Gasteiger partial charge in [-0.1, -0.05) is 5.16 Å². The van der Waals surface area contributed by atoms with E-state index in [1.807, 2.05) is 0 Å². The summed E-state index contributed by atoms with van der Waals surface area (Å²) in [4.78, 5) is 15.7. The van der Waals surface area contributed by atoms with E-state index in [9.17, 15) is 9.18 Å². The Bertz CT molecular complexity index is 864. The molecule has 0 saturated heterocycles. The topological polar surface area (TPSA) is 106 Å². The van der Waals surface area contributed by atoms with E-state index in [2.05, 4.69) is 31.0 Å². The average molecular weight is 356 g/mol. The number of carbonyl (C=O) groups is 1. The van der Waals surface area contributed by atoms with Crippen LogP contribution in [0.4, 0.5) is 10.2 Å². The van der Waals surface area contributed by atoms with E-state index in [4.69, 9.17) is 4.52 Å². The highest BCUT2D eigenvalue weighted by Crippen LogP contribution is 2.16. The third-order valence-electron chi connectivity index (χ3n) is 3.57. The Morgan fingerprint density at radius 2 is 1.96 bits per heavy atom. The number of benzene rings is 1. The highest BCUT2D eigenvalue weighted by Gasteiger charge is 2.09. The van der Waals surface area contributed by atoms with Crippen molar-refractivity contribution in [1.29, 1.82) is 0 Å². The number of aryl methyl sites for hydroxylation is 1. The number of nitrogens with zero attached hydrogens (tertiary/aromatic N) is 4. The Kier molecular flexibility index (Phi) is 5.47. The van der Waals surface area contributed by atoms with Gasteiger partial charge in [-0.25, -0.2) is 4.39 Å².